The summed E-state index contributed by atoms with van der Waals surface area (Å²) in [7, 11) is 1.48. The molecular weight excluding hydrogens is 281 g/mol. The van der Waals surface area contributed by atoms with Gasteiger partial charge in [-0.2, -0.15) is 5.26 Å². The molecule has 2 aromatic carbocycles. The summed E-state index contributed by atoms with van der Waals surface area (Å²) >= 11 is 5.67. The summed E-state index contributed by atoms with van der Waals surface area (Å²) in [6.07, 6.45) is 0. The quantitative estimate of drug-likeness (QED) is 0.857. The van der Waals surface area contributed by atoms with Crippen LogP contribution in [0.3, 0.4) is 0 Å². The highest BCUT2D eigenvalue weighted by Crippen LogP contribution is 2.26. The van der Waals surface area contributed by atoms with Crippen LogP contribution in [0.15, 0.2) is 36.4 Å². The maximum absolute atomic E-state index is 13.6. The van der Waals surface area contributed by atoms with Crippen LogP contribution in [-0.4, -0.2) is 7.11 Å². The monoisotopic (exact) mass is 291 g/mol. The summed E-state index contributed by atoms with van der Waals surface area (Å²) in [6, 6.07) is 11.6. The van der Waals surface area contributed by atoms with E-state index in [0.717, 1.165) is 5.56 Å². The molecule has 102 valence electrons. The molecule has 2 rings (SSSR count). The van der Waals surface area contributed by atoms with Gasteiger partial charge in [-0.1, -0.05) is 23.7 Å². The van der Waals surface area contributed by atoms with Gasteiger partial charge in [0.2, 0.25) is 0 Å². The third-order valence-corrected chi connectivity index (χ3v) is 2.99. The number of halogens is 2. The van der Waals surface area contributed by atoms with Crippen LogP contribution in [0.5, 0.6) is 11.5 Å². The first-order valence-electron chi connectivity index (χ1n) is 5.79. The minimum Gasteiger partial charge on any atom is -0.495 e. The summed E-state index contributed by atoms with van der Waals surface area (Å²) in [4.78, 5) is 0. The van der Waals surface area contributed by atoms with Crippen molar-refractivity contribution in [3.8, 4) is 17.6 Å². The Morgan fingerprint density at radius 1 is 1.25 bits per heavy atom. The zero-order valence-electron chi connectivity index (χ0n) is 10.7. The van der Waals surface area contributed by atoms with Crippen molar-refractivity contribution in [1.82, 2.24) is 0 Å². The van der Waals surface area contributed by atoms with Crippen molar-refractivity contribution in [1.29, 1.82) is 5.26 Å². The molecule has 0 radical (unpaired) electrons. The topological polar surface area (TPSA) is 42.2 Å². The van der Waals surface area contributed by atoms with Crippen molar-refractivity contribution in [2.24, 2.45) is 0 Å². The fourth-order valence-corrected chi connectivity index (χ4v) is 1.84. The smallest absolute Gasteiger partial charge is 0.183 e. The van der Waals surface area contributed by atoms with Crippen LogP contribution in [0, 0.1) is 17.1 Å². The lowest BCUT2D eigenvalue weighted by Crippen LogP contribution is -1.99. The van der Waals surface area contributed by atoms with Crippen molar-refractivity contribution in [3.63, 3.8) is 0 Å². The molecule has 0 heterocycles. The van der Waals surface area contributed by atoms with Gasteiger partial charge in [-0.25, -0.2) is 4.39 Å². The number of rotatable bonds is 4. The van der Waals surface area contributed by atoms with E-state index in [0.29, 0.717) is 11.3 Å². The molecule has 2 aromatic rings. The van der Waals surface area contributed by atoms with Crippen LogP contribution in [-0.2, 0) is 6.61 Å². The van der Waals surface area contributed by atoms with Gasteiger partial charge in [0, 0.05) is 0 Å². The number of nitrogens with zero attached hydrogens (tertiary/aromatic N) is 1. The van der Waals surface area contributed by atoms with Crippen molar-refractivity contribution in [2.75, 3.05) is 7.11 Å². The van der Waals surface area contributed by atoms with Crippen LogP contribution in [0.4, 0.5) is 4.39 Å². The van der Waals surface area contributed by atoms with E-state index in [-0.39, 0.29) is 17.4 Å². The molecule has 0 aromatic heterocycles. The molecule has 5 heteroatoms. The predicted molar refractivity (Wildman–Crippen MR) is 73.5 cm³/mol. The van der Waals surface area contributed by atoms with E-state index in [1.54, 1.807) is 24.3 Å². The Morgan fingerprint density at radius 3 is 2.75 bits per heavy atom. The molecule has 0 spiro atoms. The summed E-state index contributed by atoms with van der Waals surface area (Å²) < 4.78 is 24.1. The molecule has 0 saturated heterocycles. The fraction of sp³-hybridized carbons (Fsp3) is 0.133. The molecule has 20 heavy (non-hydrogen) atoms. The van der Waals surface area contributed by atoms with E-state index < -0.39 is 5.82 Å². The second kappa shape index (κ2) is 6.27. The van der Waals surface area contributed by atoms with Gasteiger partial charge in [0.15, 0.2) is 11.6 Å². The summed E-state index contributed by atoms with van der Waals surface area (Å²) in [5.41, 5.74) is 1.20. The zero-order chi connectivity index (χ0) is 14.5. The van der Waals surface area contributed by atoms with Crippen molar-refractivity contribution in [3.05, 3.63) is 58.4 Å². The minimum absolute atomic E-state index is 0.0138. The summed E-state index contributed by atoms with van der Waals surface area (Å²) in [5, 5.41) is 8.90. The van der Waals surface area contributed by atoms with E-state index in [9.17, 15) is 4.39 Å². The third-order valence-electron chi connectivity index (χ3n) is 2.70. The van der Waals surface area contributed by atoms with Crippen molar-refractivity contribution < 1.29 is 13.9 Å². The van der Waals surface area contributed by atoms with Gasteiger partial charge in [0.25, 0.3) is 0 Å². The SMILES string of the molecule is COc1cc(COc2cccc(Cl)c2F)ccc1C#N. The van der Waals surface area contributed by atoms with Gasteiger partial charge in [-0.05, 0) is 29.8 Å². The zero-order valence-corrected chi connectivity index (χ0v) is 11.4. The van der Waals surface area contributed by atoms with Crippen molar-refractivity contribution in [2.45, 2.75) is 6.61 Å². The van der Waals surface area contributed by atoms with Crippen LogP contribution < -0.4 is 9.47 Å². The Morgan fingerprint density at radius 2 is 2.05 bits per heavy atom. The Kier molecular flexibility index (Phi) is 4.44. The molecule has 3 nitrogen and oxygen atoms in total. The van der Waals surface area contributed by atoms with Crippen molar-refractivity contribution >= 4 is 11.6 Å². The van der Waals surface area contributed by atoms with E-state index >= 15 is 0 Å². The first-order chi connectivity index (χ1) is 9.65. The maximum Gasteiger partial charge on any atom is 0.183 e. The van der Waals surface area contributed by atoms with Crippen LogP contribution >= 0.6 is 11.6 Å². The van der Waals surface area contributed by atoms with E-state index in [1.165, 1.54) is 19.2 Å². The highest BCUT2D eigenvalue weighted by atomic mass is 35.5. The normalized spacial score (nSPS) is 9.90. The number of methoxy groups -OCH3 is 1. The lowest BCUT2D eigenvalue weighted by Gasteiger charge is -2.09. The Hall–Kier alpha value is -2.25. The fourth-order valence-electron chi connectivity index (χ4n) is 1.67. The Bertz CT molecular complexity index is 667. The largest absolute Gasteiger partial charge is 0.495 e. The minimum atomic E-state index is -0.588. The average molecular weight is 292 g/mol. The maximum atomic E-state index is 13.6. The summed E-state index contributed by atoms with van der Waals surface area (Å²) in [6.45, 7) is 0.152. The highest BCUT2D eigenvalue weighted by Gasteiger charge is 2.08. The molecular formula is C15H11ClFNO2. The van der Waals surface area contributed by atoms with Gasteiger partial charge < -0.3 is 9.47 Å². The van der Waals surface area contributed by atoms with Crippen LogP contribution in [0.25, 0.3) is 0 Å². The molecule has 0 fully saturated rings. The van der Waals surface area contributed by atoms with Gasteiger partial charge in [-0.15, -0.1) is 0 Å². The highest BCUT2D eigenvalue weighted by molar-refractivity contribution is 6.30. The molecule has 0 aliphatic heterocycles. The number of nitriles is 1. The van der Waals surface area contributed by atoms with Gasteiger partial charge in [0.05, 0.1) is 17.7 Å². The van der Waals surface area contributed by atoms with Gasteiger partial charge in [-0.3, -0.25) is 0 Å². The lowest BCUT2D eigenvalue weighted by atomic mass is 10.1. The lowest BCUT2D eigenvalue weighted by molar-refractivity contribution is 0.289. The molecule has 0 atom stereocenters. The Labute approximate surface area is 121 Å². The van der Waals surface area contributed by atoms with Gasteiger partial charge >= 0.3 is 0 Å². The number of hydrogen-bond acceptors (Lipinski definition) is 3. The molecule has 0 saturated carbocycles. The summed E-state index contributed by atoms with van der Waals surface area (Å²) in [5.74, 6) is -0.0456. The second-order valence-electron chi connectivity index (χ2n) is 3.99. The first kappa shape index (κ1) is 14.2. The molecule has 0 aliphatic rings. The number of benzene rings is 2. The molecule has 0 unspecified atom stereocenters. The third kappa shape index (κ3) is 3.01. The first-order valence-corrected chi connectivity index (χ1v) is 6.17. The van der Waals surface area contributed by atoms with Gasteiger partial charge in [0.1, 0.15) is 18.4 Å². The molecule has 0 amide bonds. The second-order valence-corrected chi connectivity index (χ2v) is 4.39. The van der Waals surface area contributed by atoms with E-state index in [1.807, 2.05) is 6.07 Å². The van der Waals surface area contributed by atoms with E-state index in [2.05, 4.69) is 0 Å². The van der Waals surface area contributed by atoms with E-state index in [4.69, 9.17) is 26.3 Å². The molecule has 0 aliphatic carbocycles. The predicted octanol–water partition coefficient (Wildman–Crippen LogP) is 3.94. The molecule has 0 N–H and O–H groups in total. The van der Waals surface area contributed by atoms with Crippen LogP contribution in [0.1, 0.15) is 11.1 Å². The molecule has 0 bridgehead atoms. The standard InChI is InChI=1S/C15H11ClFNO2/c1-19-14-7-10(5-6-11(14)8-18)9-20-13-4-2-3-12(16)15(13)17/h2-7H,9H2,1H3. The number of ether oxygens (including phenoxy) is 2. The number of hydrogen-bond donors (Lipinski definition) is 0. The van der Waals surface area contributed by atoms with Crippen LogP contribution in [0.2, 0.25) is 5.02 Å². The Balaban J connectivity index is 2.15. The average Bonchev–Trinajstić information content (AvgIpc) is 2.48.